The van der Waals surface area contributed by atoms with Gasteiger partial charge in [-0.3, -0.25) is 0 Å². The SMILES string of the molecule is Cc1ccc2c(c1)CC(Cn1cc(CCBr)nn1)O2. The van der Waals surface area contributed by atoms with Gasteiger partial charge in [-0.25, -0.2) is 4.68 Å². The van der Waals surface area contributed by atoms with Crippen LogP contribution in [0.1, 0.15) is 16.8 Å². The average Bonchev–Trinajstić information content (AvgIpc) is 2.96. The fraction of sp³-hybridized carbons (Fsp3) is 0.429. The molecule has 1 aromatic heterocycles. The van der Waals surface area contributed by atoms with Gasteiger partial charge in [-0.15, -0.1) is 5.10 Å². The Morgan fingerprint density at radius 3 is 3.21 bits per heavy atom. The number of ether oxygens (including phenoxy) is 1. The van der Waals surface area contributed by atoms with E-state index in [4.69, 9.17) is 4.74 Å². The summed E-state index contributed by atoms with van der Waals surface area (Å²) in [5, 5.41) is 9.20. The number of hydrogen-bond acceptors (Lipinski definition) is 3. The van der Waals surface area contributed by atoms with Crippen LogP contribution in [0.4, 0.5) is 0 Å². The van der Waals surface area contributed by atoms with E-state index >= 15 is 0 Å². The van der Waals surface area contributed by atoms with Crippen LogP contribution >= 0.6 is 15.9 Å². The summed E-state index contributed by atoms with van der Waals surface area (Å²) in [5.41, 5.74) is 3.59. The van der Waals surface area contributed by atoms with Crippen LogP contribution in [-0.4, -0.2) is 26.4 Å². The lowest BCUT2D eigenvalue weighted by Gasteiger charge is -2.09. The molecule has 1 atom stereocenters. The van der Waals surface area contributed by atoms with Crippen LogP contribution in [-0.2, 0) is 19.4 Å². The molecule has 0 N–H and O–H groups in total. The van der Waals surface area contributed by atoms with Gasteiger partial charge in [0.2, 0.25) is 0 Å². The molecule has 0 amide bonds. The Kier molecular flexibility index (Phi) is 3.55. The van der Waals surface area contributed by atoms with Crippen molar-refractivity contribution in [1.82, 2.24) is 15.0 Å². The number of aromatic nitrogens is 3. The number of rotatable bonds is 4. The predicted octanol–water partition coefficient (Wildman–Crippen LogP) is 2.53. The molecule has 4 nitrogen and oxygen atoms in total. The van der Waals surface area contributed by atoms with E-state index in [1.54, 1.807) is 0 Å². The lowest BCUT2D eigenvalue weighted by molar-refractivity contribution is 0.202. The van der Waals surface area contributed by atoms with Gasteiger partial charge in [0, 0.05) is 24.4 Å². The third-order valence-electron chi connectivity index (χ3n) is 3.28. The third-order valence-corrected chi connectivity index (χ3v) is 3.68. The molecule has 0 saturated heterocycles. The molecular weight excluding hydrogens is 306 g/mol. The monoisotopic (exact) mass is 321 g/mol. The summed E-state index contributed by atoms with van der Waals surface area (Å²) >= 11 is 3.41. The molecule has 1 aromatic carbocycles. The molecule has 2 aromatic rings. The van der Waals surface area contributed by atoms with E-state index < -0.39 is 0 Å². The Morgan fingerprint density at radius 2 is 2.37 bits per heavy atom. The van der Waals surface area contributed by atoms with Crippen LogP contribution in [0, 0.1) is 6.92 Å². The highest BCUT2D eigenvalue weighted by Gasteiger charge is 2.23. The van der Waals surface area contributed by atoms with Crippen LogP contribution in [0.25, 0.3) is 0 Å². The van der Waals surface area contributed by atoms with Gasteiger partial charge in [0.05, 0.1) is 12.2 Å². The van der Waals surface area contributed by atoms with Crippen molar-refractivity contribution in [3.05, 3.63) is 41.2 Å². The van der Waals surface area contributed by atoms with E-state index in [2.05, 4.69) is 51.4 Å². The van der Waals surface area contributed by atoms with E-state index in [0.29, 0.717) is 0 Å². The molecule has 2 heterocycles. The van der Waals surface area contributed by atoms with Gasteiger partial charge in [-0.1, -0.05) is 38.8 Å². The molecule has 0 saturated carbocycles. The normalized spacial score (nSPS) is 17.3. The molecule has 1 unspecified atom stereocenters. The molecule has 1 aliphatic heterocycles. The van der Waals surface area contributed by atoms with Crippen LogP contribution in [0.15, 0.2) is 24.4 Å². The van der Waals surface area contributed by atoms with Gasteiger partial charge >= 0.3 is 0 Å². The molecule has 0 bridgehead atoms. The summed E-state index contributed by atoms with van der Waals surface area (Å²) in [4.78, 5) is 0. The van der Waals surface area contributed by atoms with Gasteiger partial charge < -0.3 is 4.74 Å². The highest BCUT2D eigenvalue weighted by Crippen LogP contribution is 2.29. The van der Waals surface area contributed by atoms with Gasteiger partial charge in [0.15, 0.2) is 0 Å². The molecule has 0 fully saturated rings. The van der Waals surface area contributed by atoms with Crippen LogP contribution in [0.5, 0.6) is 5.75 Å². The minimum Gasteiger partial charge on any atom is -0.488 e. The summed E-state index contributed by atoms with van der Waals surface area (Å²) in [7, 11) is 0. The molecular formula is C14H16BrN3O. The van der Waals surface area contributed by atoms with Crippen molar-refractivity contribution in [1.29, 1.82) is 0 Å². The second-order valence-corrected chi connectivity index (χ2v) is 5.72. The van der Waals surface area contributed by atoms with E-state index in [1.807, 2.05) is 10.9 Å². The Labute approximate surface area is 120 Å². The lowest BCUT2D eigenvalue weighted by Crippen LogP contribution is -2.21. The maximum atomic E-state index is 5.94. The predicted molar refractivity (Wildman–Crippen MR) is 76.8 cm³/mol. The van der Waals surface area contributed by atoms with Crippen molar-refractivity contribution in [3.63, 3.8) is 0 Å². The summed E-state index contributed by atoms with van der Waals surface area (Å²) in [6.07, 6.45) is 4.02. The minimum atomic E-state index is 0.162. The average molecular weight is 322 g/mol. The maximum Gasteiger partial charge on any atom is 0.123 e. The molecule has 1 aliphatic rings. The standard InChI is InChI=1S/C14H16BrN3O/c1-10-2-3-14-11(6-10)7-13(19-14)9-18-8-12(4-5-15)16-17-18/h2-3,6,8,13H,4-5,7,9H2,1H3. The molecule has 3 rings (SSSR count). The first kappa shape index (κ1) is 12.7. The number of hydrogen-bond donors (Lipinski definition) is 0. The first-order valence-electron chi connectivity index (χ1n) is 6.46. The second kappa shape index (κ2) is 5.33. The summed E-state index contributed by atoms with van der Waals surface area (Å²) in [6, 6.07) is 6.35. The summed E-state index contributed by atoms with van der Waals surface area (Å²) < 4.78 is 7.81. The maximum absolute atomic E-state index is 5.94. The van der Waals surface area contributed by atoms with Crippen molar-refractivity contribution in [3.8, 4) is 5.75 Å². The zero-order valence-corrected chi connectivity index (χ0v) is 12.4. The van der Waals surface area contributed by atoms with E-state index in [0.717, 1.165) is 36.2 Å². The van der Waals surface area contributed by atoms with Gasteiger partial charge in [-0.2, -0.15) is 0 Å². The highest BCUT2D eigenvalue weighted by atomic mass is 79.9. The lowest BCUT2D eigenvalue weighted by atomic mass is 10.1. The van der Waals surface area contributed by atoms with Crippen LogP contribution in [0.2, 0.25) is 0 Å². The van der Waals surface area contributed by atoms with E-state index in [1.165, 1.54) is 11.1 Å². The minimum absolute atomic E-state index is 0.162. The van der Waals surface area contributed by atoms with Gasteiger partial charge in [0.1, 0.15) is 11.9 Å². The Morgan fingerprint density at radius 1 is 1.47 bits per heavy atom. The zero-order chi connectivity index (χ0) is 13.2. The number of benzene rings is 1. The second-order valence-electron chi connectivity index (χ2n) is 4.93. The summed E-state index contributed by atoms with van der Waals surface area (Å²) in [5.74, 6) is 1.01. The highest BCUT2D eigenvalue weighted by molar-refractivity contribution is 9.09. The number of fused-ring (bicyclic) bond motifs is 1. The Balaban J connectivity index is 1.66. The quantitative estimate of drug-likeness (QED) is 0.812. The first-order chi connectivity index (χ1) is 9.24. The van der Waals surface area contributed by atoms with E-state index in [9.17, 15) is 0 Å². The van der Waals surface area contributed by atoms with Crippen molar-refractivity contribution in [2.24, 2.45) is 0 Å². The smallest absolute Gasteiger partial charge is 0.123 e. The molecule has 100 valence electrons. The fourth-order valence-corrected chi connectivity index (χ4v) is 2.81. The molecule has 19 heavy (non-hydrogen) atoms. The van der Waals surface area contributed by atoms with Crippen LogP contribution in [0.3, 0.4) is 0 Å². The van der Waals surface area contributed by atoms with Crippen molar-refractivity contribution in [2.75, 3.05) is 5.33 Å². The van der Waals surface area contributed by atoms with Crippen LogP contribution < -0.4 is 4.74 Å². The molecule has 0 spiro atoms. The van der Waals surface area contributed by atoms with Crippen molar-refractivity contribution in [2.45, 2.75) is 32.4 Å². The Bertz CT molecular complexity index is 582. The van der Waals surface area contributed by atoms with Gasteiger partial charge in [0.25, 0.3) is 0 Å². The topological polar surface area (TPSA) is 39.9 Å². The largest absolute Gasteiger partial charge is 0.488 e. The molecule has 0 aliphatic carbocycles. The van der Waals surface area contributed by atoms with Gasteiger partial charge in [-0.05, 0) is 18.6 Å². The Hall–Kier alpha value is -1.36. The van der Waals surface area contributed by atoms with Crippen molar-refractivity contribution < 1.29 is 4.74 Å². The molecule has 0 radical (unpaired) electrons. The fourth-order valence-electron chi connectivity index (χ4n) is 2.40. The van der Waals surface area contributed by atoms with E-state index in [-0.39, 0.29) is 6.10 Å². The number of nitrogens with zero attached hydrogens (tertiary/aromatic N) is 3. The first-order valence-corrected chi connectivity index (χ1v) is 7.58. The number of aryl methyl sites for hydroxylation is 2. The zero-order valence-electron chi connectivity index (χ0n) is 10.8. The summed E-state index contributed by atoms with van der Waals surface area (Å²) in [6.45, 7) is 2.86. The third kappa shape index (κ3) is 2.81. The molecule has 5 heteroatoms. The number of halogens is 1. The number of alkyl halides is 1. The van der Waals surface area contributed by atoms with Crippen molar-refractivity contribution >= 4 is 15.9 Å².